The molecule has 0 aliphatic rings. The molecule has 1 heterocycles. The maximum Gasteiger partial charge on any atom is 0.352 e. The molecule has 1 aromatic heterocycles. The van der Waals surface area contributed by atoms with E-state index in [1.54, 1.807) is 31.2 Å². The third-order valence-electron chi connectivity index (χ3n) is 4.82. The molecule has 0 fully saturated rings. The molecule has 0 bridgehead atoms. The molecule has 162 valence electrons. The minimum atomic E-state index is -0.863. The molecule has 31 heavy (non-hydrogen) atoms. The monoisotopic (exact) mass is 426 g/mol. The lowest BCUT2D eigenvalue weighted by Crippen LogP contribution is -2.47. The highest BCUT2D eigenvalue weighted by atomic mass is 19.1. The van der Waals surface area contributed by atoms with Gasteiger partial charge in [-0.2, -0.15) is 9.78 Å². The number of hydrogen-bond acceptors (Lipinski definition) is 5. The topological polar surface area (TPSA) is 95.2 Å². The summed E-state index contributed by atoms with van der Waals surface area (Å²) in [6, 6.07) is 12.1. The third-order valence-corrected chi connectivity index (χ3v) is 4.82. The second-order valence-corrected chi connectivity index (χ2v) is 7.02. The van der Waals surface area contributed by atoms with Gasteiger partial charge in [0, 0.05) is 6.04 Å². The number of hydrogen-bond donors (Lipinski definition) is 1. The van der Waals surface area contributed by atoms with Crippen LogP contribution in [0.4, 0.5) is 4.39 Å². The number of amides is 1. The number of benzene rings is 2. The predicted molar refractivity (Wildman–Crippen MR) is 113 cm³/mol. The highest BCUT2D eigenvalue weighted by Gasteiger charge is 2.22. The zero-order chi connectivity index (χ0) is 22.5. The first-order chi connectivity index (χ1) is 14.8. The van der Waals surface area contributed by atoms with Crippen LogP contribution in [-0.4, -0.2) is 33.4 Å². The first-order valence-corrected chi connectivity index (χ1v) is 9.78. The summed E-state index contributed by atoms with van der Waals surface area (Å²) in [6.07, 6.45) is 0.636. The van der Waals surface area contributed by atoms with Crippen LogP contribution in [-0.2, 0) is 6.54 Å². The van der Waals surface area contributed by atoms with E-state index in [4.69, 9.17) is 4.74 Å². The molecule has 8 nitrogen and oxygen atoms in total. The molecular formula is C22H23FN4O4. The van der Waals surface area contributed by atoms with Crippen molar-refractivity contribution in [1.29, 1.82) is 0 Å². The molecule has 1 N–H and O–H groups in total. The van der Waals surface area contributed by atoms with Gasteiger partial charge in [0.2, 0.25) is 5.69 Å². The molecule has 3 rings (SSSR count). The normalized spacial score (nSPS) is 11.7. The Morgan fingerprint density at radius 2 is 1.94 bits per heavy atom. The van der Waals surface area contributed by atoms with Crippen molar-refractivity contribution in [3.8, 4) is 11.4 Å². The van der Waals surface area contributed by atoms with Gasteiger partial charge in [-0.1, -0.05) is 31.2 Å². The quantitative estimate of drug-likeness (QED) is 0.625. The Balaban J connectivity index is 2.20. The van der Waals surface area contributed by atoms with Crippen LogP contribution in [0.5, 0.6) is 5.75 Å². The van der Waals surface area contributed by atoms with Gasteiger partial charge >= 0.3 is 5.69 Å². The lowest BCUT2D eigenvalue weighted by atomic mass is 10.2. The Labute approximate surface area is 177 Å². The van der Waals surface area contributed by atoms with E-state index in [0.29, 0.717) is 17.7 Å². The number of ether oxygens (including phenoxy) is 1. The summed E-state index contributed by atoms with van der Waals surface area (Å²) in [5.74, 6) is -0.899. The predicted octanol–water partition coefficient (Wildman–Crippen LogP) is 2.12. The molecule has 0 spiro atoms. The van der Waals surface area contributed by atoms with Gasteiger partial charge in [0.1, 0.15) is 17.3 Å². The van der Waals surface area contributed by atoms with Crippen LogP contribution in [0.2, 0.25) is 0 Å². The van der Waals surface area contributed by atoms with Gasteiger partial charge < -0.3 is 10.1 Å². The van der Waals surface area contributed by atoms with Gasteiger partial charge in [-0.05, 0) is 43.2 Å². The Kier molecular flexibility index (Phi) is 6.64. The summed E-state index contributed by atoms with van der Waals surface area (Å²) in [5, 5.41) is 6.59. The van der Waals surface area contributed by atoms with Crippen molar-refractivity contribution in [3.05, 3.63) is 86.4 Å². The molecule has 2 aromatic carbocycles. The van der Waals surface area contributed by atoms with Crippen LogP contribution < -0.4 is 21.3 Å². The van der Waals surface area contributed by atoms with Crippen molar-refractivity contribution in [3.63, 3.8) is 0 Å². The zero-order valence-electron chi connectivity index (χ0n) is 17.5. The Bertz CT molecular complexity index is 1220. The molecule has 0 radical (unpaired) electrons. The van der Waals surface area contributed by atoms with Crippen LogP contribution in [0, 0.1) is 5.82 Å². The zero-order valence-corrected chi connectivity index (χ0v) is 17.5. The van der Waals surface area contributed by atoms with E-state index >= 15 is 0 Å². The summed E-state index contributed by atoms with van der Waals surface area (Å²) >= 11 is 0. The maximum absolute atomic E-state index is 14.4. The minimum absolute atomic E-state index is 0.143. The van der Waals surface area contributed by atoms with Gasteiger partial charge in [0.05, 0.1) is 13.7 Å². The van der Waals surface area contributed by atoms with Gasteiger partial charge in [-0.25, -0.2) is 9.18 Å². The molecule has 0 saturated heterocycles. The standard InChI is InChI=1S/C22H23FN4O4/c1-4-14(2)24-20(28)19-21(29)26(13-15-8-7-9-16(12-15)31-3)22(30)27(25-19)18-11-6-5-10-17(18)23/h5-12,14H,4,13H2,1-3H3,(H,24,28). The van der Waals surface area contributed by atoms with Crippen molar-refractivity contribution >= 4 is 5.91 Å². The van der Waals surface area contributed by atoms with Crippen LogP contribution in [0.1, 0.15) is 36.3 Å². The highest BCUT2D eigenvalue weighted by molar-refractivity contribution is 5.91. The largest absolute Gasteiger partial charge is 0.497 e. The molecule has 9 heteroatoms. The Morgan fingerprint density at radius 1 is 1.19 bits per heavy atom. The minimum Gasteiger partial charge on any atom is -0.497 e. The summed E-state index contributed by atoms with van der Waals surface area (Å²) < 4.78 is 21.2. The van der Waals surface area contributed by atoms with Crippen molar-refractivity contribution < 1.29 is 13.9 Å². The molecule has 0 aliphatic heterocycles. The second kappa shape index (κ2) is 9.38. The van der Waals surface area contributed by atoms with E-state index in [9.17, 15) is 18.8 Å². The number of methoxy groups -OCH3 is 1. The summed E-state index contributed by atoms with van der Waals surface area (Å²) in [5.41, 5.74) is -1.78. The molecule has 3 aromatic rings. The third kappa shape index (κ3) is 4.71. The number of carbonyl (C=O) groups is 1. The highest BCUT2D eigenvalue weighted by Crippen LogP contribution is 2.13. The van der Waals surface area contributed by atoms with Gasteiger partial charge in [-0.3, -0.25) is 14.2 Å². The first kappa shape index (κ1) is 21.9. The van der Waals surface area contributed by atoms with Crippen molar-refractivity contribution in [1.82, 2.24) is 19.7 Å². The van der Waals surface area contributed by atoms with E-state index < -0.39 is 28.7 Å². The fourth-order valence-electron chi connectivity index (χ4n) is 2.92. The van der Waals surface area contributed by atoms with Crippen molar-refractivity contribution in [2.24, 2.45) is 0 Å². The number of carbonyl (C=O) groups excluding carboxylic acids is 1. The number of rotatable bonds is 7. The number of aromatic nitrogens is 3. The SMILES string of the molecule is CCC(C)NC(=O)c1nn(-c2ccccc2F)c(=O)n(Cc2cccc(OC)c2)c1=O. The average molecular weight is 426 g/mol. The van der Waals surface area contributed by atoms with E-state index in [-0.39, 0.29) is 18.3 Å². The van der Waals surface area contributed by atoms with Gasteiger partial charge in [0.15, 0.2) is 0 Å². The number of halogens is 1. The van der Waals surface area contributed by atoms with Crippen LogP contribution >= 0.6 is 0 Å². The summed E-state index contributed by atoms with van der Waals surface area (Å²) in [7, 11) is 1.50. The summed E-state index contributed by atoms with van der Waals surface area (Å²) in [4.78, 5) is 38.8. The lowest BCUT2D eigenvalue weighted by Gasteiger charge is -2.14. The van der Waals surface area contributed by atoms with E-state index in [2.05, 4.69) is 10.4 Å². The lowest BCUT2D eigenvalue weighted by molar-refractivity contribution is 0.0929. The molecular weight excluding hydrogens is 403 g/mol. The van der Waals surface area contributed by atoms with Crippen LogP contribution in [0.3, 0.4) is 0 Å². The fraction of sp³-hybridized carbons (Fsp3) is 0.273. The number of nitrogens with one attached hydrogen (secondary N) is 1. The second-order valence-electron chi connectivity index (χ2n) is 7.02. The molecule has 1 unspecified atom stereocenters. The van der Waals surface area contributed by atoms with E-state index in [1.165, 1.54) is 31.4 Å². The number of para-hydroxylation sites is 1. The fourth-order valence-corrected chi connectivity index (χ4v) is 2.92. The van der Waals surface area contributed by atoms with Gasteiger partial charge in [0.25, 0.3) is 11.5 Å². The first-order valence-electron chi connectivity index (χ1n) is 9.78. The van der Waals surface area contributed by atoms with Crippen LogP contribution in [0.25, 0.3) is 5.69 Å². The molecule has 1 amide bonds. The van der Waals surface area contributed by atoms with E-state index in [0.717, 1.165) is 9.25 Å². The average Bonchev–Trinajstić information content (AvgIpc) is 2.77. The van der Waals surface area contributed by atoms with Crippen molar-refractivity contribution in [2.75, 3.05) is 7.11 Å². The smallest absolute Gasteiger partial charge is 0.352 e. The molecule has 1 atom stereocenters. The Hall–Kier alpha value is -3.75. The molecule has 0 aliphatic carbocycles. The van der Waals surface area contributed by atoms with Crippen LogP contribution in [0.15, 0.2) is 58.1 Å². The Morgan fingerprint density at radius 3 is 2.61 bits per heavy atom. The van der Waals surface area contributed by atoms with Gasteiger partial charge in [-0.15, -0.1) is 0 Å². The maximum atomic E-state index is 14.4. The van der Waals surface area contributed by atoms with Crippen molar-refractivity contribution in [2.45, 2.75) is 32.9 Å². The summed E-state index contributed by atoms with van der Waals surface area (Å²) in [6.45, 7) is 3.51. The molecule has 0 saturated carbocycles. The van der Waals surface area contributed by atoms with E-state index in [1.807, 2.05) is 6.92 Å². The number of nitrogens with zero attached hydrogens (tertiary/aromatic N) is 3.